The highest BCUT2D eigenvalue weighted by atomic mass is 16.7. The number of carbonyl (C=O) groups excluding carboxylic acids is 2. The summed E-state index contributed by atoms with van der Waals surface area (Å²) in [5.74, 6) is -2.32. The number of H-pyrrole nitrogens is 1. The van der Waals surface area contributed by atoms with Gasteiger partial charge in [0.25, 0.3) is 5.96 Å². The predicted molar refractivity (Wildman–Crippen MR) is 157 cm³/mol. The van der Waals surface area contributed by atoms with Crippen molar-refractivity contribution in [3.63, 3.8) is 0 Å². The third-order valence-electron chi connectivity index (χ3n) is 6.89. The van der Waals surface area contributed by atoms with Crippen LogP contribution in [0.1, 0.15) is 35.4 Å². The maximum atomic E-state index is 14.6. The molecule has 11 nitrogen and oxygen atoms in total. The van der Waals surface area contributed by atoms with Crippen LogP contribution in [0.15, 0.2) is 96.2 Å². The van der Waals surface area contributed by atoms with Crippen molar-refractivity contribution >= 4 is 28.7 Å². The predicted octanol–water partition coefficient (Wildman–Crippen LogP) is 3.10. The van der Waals surface area contributed by atoms with Gasteiger partial charge in [-0.2, -0.15) is 0 Å². The van der Waals surface area contributed by atoms with E-state index >= 15 is 0 Å². The summed E-state index contributed by atoms with van der Waals surface area (Å²) in [6, 6.07) is 25.6. The number of fused-ring (bicyclic) bond motifs is 1. The van der Waals surface area contributed by atoms with Crippen LogP contribution in [0.3, 0.4) is 0 Å². The van der Waals surface area contributed by atoms with E-state index < -0.39 is 28.9 Å². The van der Waals surface area contributed by atoms with Gasteiger partial charge in [0.1, 0.15) is 11.1 Å². The van der Waals surface area contributed by atoms with Gasteiger partial charge in [-0.3, -0.25) is 14.9 Å². The fourth-order valence-corrected chi connectivity index (χ4v) is 5.00. The quantitative estimate of drug-likeness (QED) is 0.0905. The van der Waals surface area contributed by atoms with Crippen LogP contribution >= 0.6 is 0 Å². The highest BCUT2D eigenvalue weighted by molar-refractivity contribution is 6.00. The summed E-state index contributed by atoms with van der Waals surface area (Å²) in [4.78, 5) is 43.7. The van der Waals surface area contributed by atoms with Crippen molar-refractivity contribution in [2.75, 3.05) is 13.1 Å². The Morgan fingerprint density at radius 1 is 0.976 bits per heavy atom. The third kappa shape index (κ3) is 7.34. The van der Waals surface area contributed by atoms with Gasteiger partial charge in [-0.15, -0.1) is 0 Å². The van der Waals surface area contributed by atoms with Gasteiger partial charge in [-0.25, -0.2) is 10.1 Å². The first kappa shape index (κ1) is 29.0. The summed E-state index contributed by atoms with van der Waals surface area (Å²) in [7, 11) is 0. The zero-order valence-corrected chi connectivity index (χ0v) is 22.5. The number of para-hydroxylation sites is 1. The second kappa shape index (κ2) is 13.9. The van der Waals surface area contributed by atoms with E-state index in [1.165, 1.54) is 4.90 Å². The van der Waals surface area contributed by atoms with Gasteiger partial charge >= 0.3 is 0 Å². The summed E-state index contributed by atoms with van der Waals surface area (Å²) in [6.45, 7) is 0.485. The van der Waals surface area contributed by atoms with Crippen molar-refractivity contribution in [1.82, 2.24) is 15.2 Å². The van der Waals surface area contributed by atoms with Gasteiger partial charge in [0.15, 0.2) is 5.03 Å². The van der Waals surface area contributed by atoms with Crippen molar-refractivity contribution in [1.29, 1.82) is 0 Å². The summed E-state index contributed by atoms with van der Waals surface area (Å²) in [5.41, 5.74) is 14.9. The minimum absolute atomic E-state index is 0.200. The lowest BCUT2D eigenvalue weighted by Gasteiger charge is -2.34. The van der Waals surface area contributed by atoms with Crippen LogP contribution in [0.2, 0.25) is 0 Å². The van der Waals surface area contributed by atoms with Crippen LogP contribution in [0.4, 0.5) is 0 Å². The molecule has 0 unspecified atom stereocenters. The maximum Gasteiger partial charge on any atom is 0.272 e. The van der Waals surface area contributed by atoms with E-state index in [0.717, 1.165) is 27.6 Å². The Hall–Kier alpha value is -5.03. The molecule has 212 valence electrons. The Labute approximate surface area is 237 Å². The largest absolute Gasteiger partial charge is 0.364 e. The lowest BCUT2D eigenvalue weighted by atomic mass is 9.89. The van der Waals surface area contributed by atoms with Gasteiger partial charge in [-0.1, -0.05) is 78.9 Å². The number of hydrazone groups is 1. The van der Waals surface area contributed by atoms with Crippen LogP contribution in [-0.4, -0.2) is 51.8 Å². The van der Waals surface area contributed by atoms with E-state index in [-0.39, 0.29) is 25.4 Å². The van der Waals surface area contributed by atoms with Crippen LogP contribution in [0.25, 0.3) is 10.9 Å². The van der Waals surface area contributed by atoms with Gasteiger partial charge in [0.2, 0.25) is 11.8 Å². The fourth-order valence-electron chi connectivity index (χ4n) is 5.00. The molecule has 2 amide bonds. The minimum atomic E-state index is -1.01. The number of nitro groups is 1. The monoisotopic (exact) mass is 555 g/mol. The Bertz CT molecular complexity index is 1470. The molecule has 4 aromatic rings. The van der Waals surface area contributed by atoms with E-state index in [0.29, 0.717) is 12.8 Å². The lowest BCUT2D eigenvalue weighted by molar-refractivity contribution is -0.485. The number of aromatic amines is 1. The standard InChI is InChI=1S/C30H33N7O4/c31-18-9-16-26(28(38)34-30(32)35-37(40)41)36(19-17-23-20-33-25-15-8-7-14-24(23)25)29(39)27(21-10-3-1-4-11-21)22-12-5-2-6-13-22/h1-8,10-15,20,26-27,33H,9,16-19,31H2,(H3,32,34,35,38)/t26-/m0/s1. The number of nitrogens with zero attached hydrogens (tertiary/aromatic N) is 3. The van der Waals surface area contributed by atoms with Crippen LogP contribution in [-0.2, 0) is 16.0 Å². The molecule has 0 aliphatic carbocycles. The summed E-state index contributed by atoms with van der Waals surface area (Å²) < 4.78 is 0. The van der Waals surface area contributed by atoms with E-state index in [1.54, 1.807) is 0 Å². The van der Waals surface area contributed by atoms with Crippen molar-refractivity contribution in [3.05, 3.63) is 118 Å². The van der Waals surface area contributed by atoms with Crippen molar-refractivity contribution in [3.8, 4) is 0 Å². The number of guanidine groups is 1. The molecule has 3 aromatic carbocycles. The molecule has 0 saturated heterocycles. The first-order chi connectivity index (χ1) is 19.9. The number of hydrogen-bond donors (Lipinski definition) is 4. The van der Waals surface area contributed by atoms with E-state index in [1.807, 2.05) is 91.1 Å². The second-order valence-corrected chi connectivity index (χ2v) is 9.55. The Kier molecular flexibility index (Phi) is 9.79. The first-order valence-corrected chi connectivity index (χ1v) is 13.3. The normalized spacial score (nSPS) is 12.3. The van der Waals surface area contributed by atoms with E-state index in [2.05, 4.69) is 15.4 Å². The summed E-state index contributed by atoms with van der Waals surface area (Å²) in [6.07, 6.45) is 3.01. The molecule has 0 saturated carbocycles. The summed E-state index contributed by atoms with van der Waals surface area (Å²) in [5, 5.41) is 16.1. The van der Waals surface area contributed by atoms with Crippen molar-refractivity contribution in [2.24, 2.45) is 16.6 Å². The second-order valence-electron chi connectivity index (χ2n) is 9.55. The molecule has 0 aliphatic heterocycles. The van der Waals surface area contributed by atoms with Gasteiger partial charge in [0.05, 0.1) is 5.92 Å². The highest BCUT2D eigenvalue weighted by Gasteiger charge is 2.35. The molecule has 0 aliphatic rings. The fraction of sp³-hybridized carbons (Fsp3) is 0.233. The topological polar surface area (TPSA) is 173 Å². The molecule has 0 bridgehead atoms. The molecule has 0 radical (unpaired) electrons. The Morgan fingerprint density at radius 2 is 1.59 bits per heavy atom. The number of amides is 2. The molecule has 41 heavy (non-hydrogen) atoms. The van der Waals surface area contributed by atoms with Gasteiger partial charge in [0, 0.05) is 23.6 Å². The number of nitrogens with two attached hydrogens (primary N) is 2. The number of hydrogen-bond acceptors (Lipinski definition) is 5. The molecule has 11 heteroatoms. The molecule has 0 spiro atoms. The van der Waals surface area contributed by atoms with E-state index in [9.17, 15) is 19.7 Å². The summed E-state index contributed by atoms with van der Waals surface area (Å²) >= 11 is 0. The zero-order valence-electron chi connectivity index (χ0n) is 22.5. The van der Waals surface area contributed by atoms with Gasteiger partial charge in [-0.05, 0) is 48.6 Å². The van der Waals surface area contributed by atoms with Gasteiger partial charge < -0.3 is 21.4 Å². The smallest absolute Gasteiger partial charge is 0.272 e. The first-order valence-electron chi connectivity index (χ1n) is 13.3. The average molecular weight is 556 g/mol. The number of aromatic nitrogens is 1. The van der Waals surface area contributed by atoms with Crippen molar-refractivity contribution < 1.29 is 14.6 Å². The molecule has 4 rings (SSSR count). The lowest BCUT2D eigenvalue weighted by Crippen LogP contribution is -2.54. The third-order valence-corrected chi connectivity index (χ3v) is 6.89. The van der Waals surface area contributed by atoms with Crippen LogP contribution < -0.4 is 16.8 Å². The van der Waals surface area contributed by atoms with Crippen LogP contribution in [0.5, 0.6) is 0 Å². The molecule has 6 N–H and O–H groups in total. The number of benzene rings is 3. The maximum absolute atomic E-state index is 14.6. The number of carbonyl (C=O) groups is 2. The van der Waals surface area contributed by atoms with Crippen LogP contribution in [0, 0.1) is 10.1 Å². The molecular weight excluding hydrogens is 522 g/mol. The molecular formula is C30H33N7O4. The Balaban J connectivity index is 1.76. The molecule has 1 aromatic heterocycles. The average Bonchev–Trinajstić information content (AvgIpc) is 3.38. The van der Waals surface area contributed by atoms with E-state index in [4.69, 9.17) is 11.5 Å². The molecule has 0 fully saturated rings. The molecule has 1 heterocycles. The number of rotatable bonds is 12. The Morgan fingerprint density at radius 3 is 2.20 bits per heavy atom. The van der Waals surface area contributed by atoms with Crippen molar-refractivity contribution in [2.45, 2.75) is 31.2 Å². The highest BCUT2D eigenvalue weighted by Crippen LogP contribution is 2.29. The molecule has 1 atom stereocenters. The number of nitrogens with one attached hydrogen (secondary N) is 2. The minimum Gasteiger partial charge on any atom is -0.364 e. The SMILES string of the molecule is NCCC[C@@H](C(=O)NC(N)=N[N+](=O)[O-])N(CCc1c[nH]c2ccccc12)C(=O)C(c1ccccc1)c1ccccc1. The zero-order chi connectivity index (χ0) is 29.2.